The SMILES string of the molecule is CCNC(=O)[C@H](C)N(Cc1ccc(Cl)cc1)C(=O)CN(c1ccc(OCC)cc1)S(=O)(=O)c1ccc(Cl)cc1. The van der Waals surface area contributed by atoms with Crippen LogP contribution in [0.4, 0.5) is 5.69 Å². The predicted molar refractivity (Wildman–Crippen MR) is 154 cm³/mol. The number of anilines is 1. The molecule has 0 aliphatic heterocycles. The number of carbonyl (C=O) groups is 2. The number of nitrogens with zero attached hydrogens (tertiary/aromatic N) is 2. The van der Waals surface area contributed by atoms with Crippen LogP contribution in [0.15, 0.2) is 77.7 Å². The van der Waals surface area contributed by atoms with Crippen molar-refractivity contribution in [1.82, 2.24) is 10.2 Å². The Morgan fingerprint density at radius 2 is 1.46 bits per heavy atom. The summed E-state index contributed by atoms with van der Waals surface area (Å²) in [5.41, 5.74) is 0.996. The van der Waals surface area contributed by atoms with Crippen molar-refractivity contribution in [2.45, 2.75) is 38.3 Å². The van der Waals surface area contributed by atoms with Gasteiger partial charge in [0.2, 0.25) is 11.8 Å². The molecule has 0 aliphatic carbocycles. The van der Waals surface area contributed by atoms with Gasteiger partial charge in [-0.1, -0.05) is 35.3 Å². The maximum Gasteiger partial charge on any atom is 0.264 e. The maximum atomic E-state index is 13.8. The first kappa shape index (κ1) is 30.3. The molecule has 0 radical (unpaired) electrons. The molecule has 0 saturated carbocycles. The molecule has 0 heterocycles. The molecule has 11 heteroatoms. The van der Waals surface area contributed by atoms with Crippen molar-refractivity contribution >= 4 is 50.7 Å². The fraction of sp³-hybridized carbons (Fsp3) is 0.286. The molecule has 3 rings (SSSR count). The molecule has 0 bridgehead atoms. The molecule has 0 fully saturated rings. The van der Waals surface area contributed by atoms with Crippen molar-refractivity contribution in [3.05, 3.63) is 88.4 Å². The standard InChI is InChI=1S/C28H31Cl2N3O5S/c1-4-31-28(35)20(3)32(18-21-6-8-22(29)9-7-21)27(34)19-33(24-12-14-25(15-13-24)38-5-2)39(36,37)26-16-10-23(30)11-17-26/h6-17,20H,4-5,18-19H2,1-3H3,(H,31,35)/t20-/m0/s1. The quantitative estimate of drug-likeness (QED) is 0.314. The Morgan fingerprint density at radius 3 is 2.00 bits per heavy atom. The van der Waals surface area contributed by atoms with Crippen LogP contribution in [0.2, 0.25) is 10.0 Å². The van der Waals surface area contributed by atoms with Crippen LogP contribution in [0.1, 0.15) is 26.3 Å². The second kappa shape index (κ2) is 13.7. The fourth-order valence-electron chi connectivity index (χ4n) is 3.83. The van der Waals surface area contributed by atoms with Crippen molar-refractivity contribution < 1.29 is 22.7 Å². The van der Waals surface area contributed by atoms with E-state index in [-0.39, 0.29) is 23.0 Å². The van der Waals surface area contributed by atoms with Crippen molar-refractivity contribution in [2.75, 3.05) is 24.0 Å². The number of amides is 2. The summed E-state index contributed by atoms with van der Waals surface area (Å²) < 4.78 is 34.1. The maximum absolute atomic E-state index is 13.8. The Labute approximate surface area is 239 Å². The minimum atomic E-state index is -4.19. The van der Waals surface area contributed by atoms with Crippen LogP contribution < -0.4 is 14.4 Å². The monoisotopic (exact) mass is 591 g/mol. The van der Waals surface area contributed by atoms with Crippen LogP contribution >= 0.6 is 23.2 Å². The average Bonchev–Trinajstić information content (AvgIpc) is 2.92. The van der Waals surface area contributed by atoms with Crippen molar-refractivity contribution in [1.29, 1.82) is 0 Å². The van der Waals surface area contributed by atoms with Crippen LogP contribution in [0, 0.1) is 0 Å². The summed E-state index contributed by atoms with van der Waals surface area (Å²) in [6.45, 7) is 5.59. The van der Waals surface area contributed by atoms with E-state index in [1.54, 1.807) is 62.4 Å². The summed E-state index contributed by atoms with van der Waals surface area (Å²) >= 11 is 12.0. The highest BCUT2D eigenvalue weighted by Gasteiger charge is 2.32. The Morgan fingerprint density at radius 1 is 0.897 bits per heavy atom. The molecule has 39 heavy (non-hydrogen) atoms. The van der Waals surface area contributed by atoms with Gasteiger partial charge in [-0.15, -0.1) is 0 Å². The van der Waals surface area contributed by atoms with E-state index in [0.717, 1.165) is 9.87 Å². The highest BCUT2D eigenvalue weighted by atomic mass is 35.5. The van der Waals surface area contributed by atoms with Gasteiger partial charge in [0.15, 0.2) is 0 Å². The summed E-state index contributed by atoms with van der Waals surface area (Å²) in [6.07, 6.45) is 0. The molecule has 8 nitrogen and oxygen atoms in total. The van der Waals surface area contributed by atoms with Crippen LogP contribution in [-0.4, -0.2) is 50.9 Å². The number of likely N-dealkylation sites (N-methyl/N-ethyl adjacent to an activating group) is 1. The number of halogens is 2. The van der Waals surface area contributed by atoms with E-state index >= 15 is 0 Å². The van der Waals surface area contributed by atoms with E-state index in [4.69, 9.17) is 27.9 Å². The lowest BCUT2D eigenvalue weighted by atomic mass is 10.1. The number of sulfonamides is 1. The van der Waals surface area contributed by atoms with Gasteiger partial charge in [0, 0.05) is 23.1 Å². The van der Waals surface area contributed by atoms with Gasteiger partial charge in [-0.05, 0) is 87.0 Å². The first-order valence-corrected chi connectivity index (χ1v) is 14.6. The van der Waals surface area contributed by atoms with Gasteiger partial charge in [-0.25, -0.2) is 8.42 Å². The van der Waals surface area contributed by atoms with E-state index in [0.29, 0.717) is 28.9 Å². The van der Waals surface area contributed by atoms with Crippen LogP contribution in [0.3, 0.4) is 0 Å². The predicted octanol–water partition coefficient (Wildman–Crippen LogP) is 5.14. The zero-order valence-corrected chi connectivity index (χ0v) is 24.3. The first-order valence-electron chi connectivity index (χ1n) is 12.4. The Bertz CT molecular complexity index is 1370. The average molecular weight is 593 g/mol. The summed E-state index contributed by atoms with van der Waals surface area (Å²) in [6, 6.07) is 18.1. The second-order valence-electron chi connectivity index (χ2n) is 8.61. The molecule has 3 aromatic rings. The number of benzene rings is 3. The number of hydrogen-bond donors (Lipinski definition) is 1. The molecule has 1 atom stereocenters. The van der Waals surface area contributed by atoms with Crippen molar-refractivity contribution in [3.8, 4) is 5.75 Å². The highest BCUT2D eigenvalue weighted by Crippen LogP contribution is 2.27. The van der Waals surface area contributed by atoms with Gasteiger partial charge in [0.25, 0.3) is 10.0 Å². The molecule has 0 spiro atoms. The van der Waals surface area contributed by atoms with Crippen LogP contribution in [0.5, 0.6) is 5.75 Å². The van der Waals surface area contributed by atoms with Crippen molar-refractivity contribution in [2.24, 2.45) is 0 Å². The van der Waals surface area contributed by atoms with Gasteiger partial charge in [-0.2, -0.15) is 0 Å². The second-order valence-corrected chi connectivity index (χ2v) is 11.3. The molecule has 2 amide bonds. The number of hydrogen-bond acceptors (Lipinski definition) is 5. The van der Waals surface area contributed by atoms with E-state index in [1.807, 2.05) is 6.92 Å². The van der Waals surface area contributed by atoms with Gasteiger partial charge in [-0.3, -0.25) is 13.9 Å². The lowest BCUT2D eigenvalue weighted by Gasteiger charge is -2.32. The summed E-state index contributed by atoms with van der Waals surface area (Å²) in [5.74, 6) is -0.353. The molecule has 0 unspecified atom stereocenters. The number of nitrogens with one attached hydrogen (secondary N) is 1. The largest absolute Gasteiger partial charge is 0.494 e. The third-order valence-corrected chi connectivity index (χ3v) is 8.19. The molecular weight excluding hydrogens is 561 g/mol. The molecule has 0 aromatic heterocycles. The number of rotatable bonds is 12. The van der Waals surface area contributed by atoms with Crippen LogP contribution in [0.25, 0.3) is 0 Å². The smallest absolute Gasteiger partial charge is 0.264 e. The lowest BCUT2D eigenvalue weighted by molar-refractivity contribution is -0.139. The first-order chi connectivity index (χ1) is 18.6. The third-order valence-electron chi connectivity index (χ3n) is 5.90. The van der Waals surface area contributed by atoms with Gasteiger partial charge >= 0.3 is 0 Å². The van der Waals surface area contributed by atoms with E-state index < -0.39 is 28.5 Å². The van der Waals surface area contributed by atoms with E-state index in [2.05, 4.69) is 5.32 Å². The number of ether oxygens (including phenoxy) is 1. The zero-order chi connectivity index (χ0) is 28.6. The van der Waals surface area contributed by atoms with Gasteiger partial charge < -0.3 is 15.0 Å². The fourth-order valence-corrected chi connectivity index (χ4v) is 5.50. The minimum Gasteiger partial charge on any atom is -0.494 e. The highest BCUT2D eigenvalue weighted by molar-refractivity contribution is 7.92. The van der Waals surface area contributed by atoms with Crippen molar-refractivity contribution in [3.63, 3.8) is 0 Å². The third kappa shape index (κ3) is 7.88. The molecule has 3 aromatic carbocycles. The number of carbonyl (C=O) groups excluding carboxylic acids is 2. The van der Waals surface area contributed by atoms with E-state index in [1.165, 1.54) is 29.2 Å². The van der Waals surface area contributed by atoms with E-state index in [9.17, 15) is 18.0 Å². The van der Waals surface area contributed by atoms with Crippen LogP contribution in [-0.2, 0) is 26.2 Å². The Kier molecular flexibility index (Phi) is 10.6. The Balaban J connectivity index is 2.02. The van der Waals surface area contributed by atoms with Gasteiger partial charge in [0.1, 0.15) is 18.3 Å². The molecule has 0 aliphatic rings. The zero-order valence-electron chi connectivity index (χ0n) is 21.9. The normalized spacial score (nSPS) is 11.9. The molecule has 0 saturated heterocycles. The topological polar surface area (TPSA) is 96.0 Å². The summed E-state index contributed by atoms with van der Waals surface area (Å²) in [7, 11) is -4.19. The summed E-state index contributed by atoms with van der Waals surface area (Å²) in [5, 5.41) is 3.64. The minimum absolute atomic E-state index is 0.0328. The van der Waals surface area contributed by atoms with Gasteiger partial charge in [0.05, 0.1) is 17.2 Å². The Hall–Kier alpha value is -3.27. The summed E-state index contributed by atoms with van der Waals surface area (Å²) in [4.78, 5) is 27.9. The molecular formula is C28H31Cl2N3O5S. The lowest BCUT2D eigenvalue weighted by Crippen LogP contribution is -2.51. The molecule has 208 valence electrons. The molecule has 1 N–H and O–H groups in total.